The van der Waals surface area contributed by atoms with E-state index in [1.165, 1.54) is 25.7 Å². The van der Waals surface area contributed by atoms with Gasteiger partial charge in [0, 0.05) is 12.3 Å². The van der Waals surface area contributed by atoms with E-state index in [0.717, 1.165) is 38.6 Å². The van der Waals surface area contributed by atoms with Gasteiger partial charge in [-0.05, 0) is 38.1 Å². The molecule has 1 aliphatic carbocycles. The molecule has 1 unspecified atom stereocenters. The van der Waals surface area contributed by atoms with Gasteiger partial charge in [-0.1, -0.05) is 32.6 Å². The fourth-order valence-corrected chi connectivity index (χ4v) is 2.88. The van der Waals surface area contributed by atoms with Crippen LogP contribution in [-0.2, 0) is 4.79 Å². The van der Waals surface area contributed by atoms with Crippen molar-refractivity contribution < 1.29 is 4.79 Å². The molecule has 0 radical (unpaired) electrons. The largest absolute Gasteiger partial charge is 0.330 e. The van der Waals surface area contributed by atoms with E-state index in [-0.39, 0.29) is 0 Å². The minimum absolute atomic E-state index is 0.403. The second-order valence-corrected chi connectivity index (χ2v) is 5.22. The number of rotatable bonds is 8. The number of carbonyl (C=O) groups is 1. The fourth-order valence-electron chi connectivity index (χ4n) is 2.88. The molecule has 1 atom stereocenters. The van der Waals surface area contributed by atoms with E-state index in [0.29, 0.717) is 17.6 Å². The van der Waals surface area contributed by atoms with E-state index in [1.807, 2.05) is 0 Å². The normalized spacial score (nSPS) is 18.9. The van der Waals surface area contributed by atoms with Gasteiger partial charge in [0.05, 0.1) is 0 Å². The Kier molecular flexibility index (Phi) is 6.70. The Hall–Kier alpha value is -0.370. The van der Waals surface area contributed by atoms with Crippen LogP contribution >= 0.6 is 0 Å². The van der Waals surface area contributed by atoms with Crippen molar-refractivity contribution in [1.29, 1.82) is 0 Å². The van der Waals surface area contributed by atoms with E-state index in [2.05, 4.69) is 6.92 Å². The molecule has 0 spiro atoms. The van der Waals surface area contributed by atoms with Crippen LogP contribution in [-0.4, -0.2) is 12.3 Å². The van der Waals surface area contributed by atoms with Gasteiger partial charge in [-0.15, -0.1) is 0 Å². The van der Waals surface area contributed by atoms with Crippen molar-refractivity contribution in [3.05, 3.63) is 0 Å². The second-order valence-electron chi connectivity index (χ2n) is 5.22. The first-order valence-electron chi connectivity index (χ1n) is 7.00. The highest BCUT2D eigenvalue weighted by Crippen LogP contribution is 2.28. The molecule has 0 heterocycles. The Morgan fingerprint density at radius 3 is 2.50 bits per heavy atom. The summed E-state index contributed by atoms with van der Waals surface area (Å²) in [6.45, 7) is 2.98. The van der Waals surface area contributed by atoms with Gasteiger partial charge in [0.1, 0.15) is 5.78 Å². The zero-order chi connectivity index (χ0) is 11.8. The summed E-state index contributed by atoms with van der Waals surface area (Å²) in [7, 11) is 0. The molecule has 1 fully saturated rings. The Morgan fingerprint density at radius 2 is 1.94 bits per heavy atom. The predicted molar refractivity (Wildman–Crippen MR) is 68.3 cm³/mol. The number of carbonyl (C=O) groups excluding carboxylic acids is 1. The van der Waals surface area contributed by atoms with Gasteiger partial charge in [-0.25, -0.2) is 0 Å². The van der Waals surface area contributed by atoms with Crippen LogP contribution in [0.1, 0.15) is 64.7 Å². The van der Waals surface area contributed by atoms with Gasteiger partial charge in [0.25, 0.3) is 0 Å². The summed E-state index contributed by atoms with van der Waals surface area (Å²) in [6.07, 6.45) is 10.2. The molecule has 2 nitrogen and oxygen atoms in total. The van der Waals surface area contributed by atoms with Crippen LogP contribution < -0.4 is 5.73 Å². The Bertz CT molecular complexity index is 191. The summed E-state index contributed by atoms with van der Waals surface area (Å²) < 4.78 is 0. The monoisotopic (exact) mass is 225 g/mol. The molecule has 94 valence electrons. The van der Waals surface area contributed by atoms with Crippen LogP contribution in [0.4, 0.5) is 0 Å². The lowest BCUT2D eigenvalue weighted by atomic mass is 9.90. The van der Waals surface area contributed by atoms with Crippen LogP contribution in [0.5, 0.6) is 0 Å². The lowest BCUT2D eigenvalue weighted by molar-refractivity contribution is -0.123. The van der Waals surface area contributed by atoms with Gasteiger partial charge >= 0.3 is 0 Å². The van der Waals surface area contributed by atoms with Crippen LogP contribution in [0, 0.1) is 11.8 Å². The maximum absolute atomic E-state index is 11.9. The van der Waals surface area contributed by atoms with Crippen molar-refractivity contribution >= 4 is 5.78 Å². The Morgan fingerprint density at radius 1 is 1.25 bits per heavy atom. The average molecular weight is 225 g/mol. The summed E-state index contributed by atoms with van der Waals surface area (Å²) in [4.78, 5) is 11.9. The minimum atomic E-state index is 0.403. The standard InChI is InChI=1S/C14H27NO/c1-2-5-12(10-11-15)8-9-14(16)13-6-3-4-7-13/h12-13H,2-11,15H2,1H3. The summed E-state index contributed by atoms with van der Waals surface area (Å²) in [6, 6.07) is 0. The Balaban J connectivity index is 2.21. The third kappa shape index (κ3) is 4.65. The number of hydrogen-bond acceptors (Lipinski definition) is 2. The maximum Gasteiger partial charge on any atom is 0.135 e. The van der Waals surface area contributed by atoms with Crippen molar-refractivity contribution in [2.45, 2.75) is 64.7 Å². The molecule has 0 aliphatic heterocycles. The number of Topliss-reactive ketones (excluding diaryl/α,β-unsaturated/α-hetero) is 1. The summed E-state index contributed by atoms with van der Waals surface area (Å²) in [5.74, 6) is 1.61. The molecule has 0 aromatic heterocycles. The van der Waals surface area contributed by atoms with Gasteiger partial charge in [-0.2, -0.15) is 0 Å². The molecule has 2 N–H and O–H groups in total. The first-order valence-corrected chi connectivity index (χ1v) is 7.00. The highest BCUT2D eigenvalue weighted by molar-refractivity contribution is 5.81. The number of nitrogens with two attached hydrogens (primary N) is 1. The summed E-state index contributed by atoms with van der Waals surface area (Å²) in [5.41, 5.74) is 5.60. The summed E-state index contributed by atoms with van der Waals surface area (Å²) in [5, 5.41) is 0. The molecular weight excluding hydrogens is 198 g/mol. The van der Waals surface area contributed by atoms with Crippen molar-refractivity contribution in [3.8, 4) is 0 Å². The van der Waals surface area contributed by atoms with E-state index < -0.39 is 0 Å². The Labute approximate surface area is 100.0 Å². The highest BCUT2D eigenvalue weighted by atomic mass is 16.1. The van der Waals surface area contributed by atoms with Gasteiger partial charge in [0.15, 0.2) is 0 Å². The van der Waals surface area contributed by atoms with Gasteiger partial charge in [-0.3, -0.25) is 4.79 Å². The molecule has 0 saturated heterocycles. The molecule has 0 aromatic carbocycles. The van der Waals surface area contributed by atoms with Crippen molar-refractivity contribution in [2.24, 2.45) is 17.6 Å². The minimum Gasteiger partial charge on any atom is -0.330 e. The van der Waals surface area contributed by atoms with Crippen LogP contribution in [0.3, 0.4) is 0 Å². The number of ketones is 1. The lowest BCUT2D eigenvalue weighted by Gasteiger charge is -2.15. The molecule has 1 aliphatic rings. The zero-order valence-corrected chi connectivity index (χ0v) is 10.7. The predicted octanol–water partition coefficient (Wildman–Crippen LogP) is 3.29. The third-order valence-corrected chi connectivity index (χ3v) is 3.88. The van der Waals surface area contributed by atoms with E-state index >= 15 is 0 Å². The highest BCUT2D eigenvalue weighted by Gasteiger charge is 2.22. The first-order chi connectivity index (χ1) is 7.77. The van der Waals surface area contributed by atoms with Gasteiger partial charge in [0.2, 0.25) is 0 Å². The molecule has 1 rings (SSSR count). The zero-order valence-electron chi connectivity index (χ0n) is 10.7. The molecule has 1 saturated carbocycles. The molecule has 0 aromatic rings. The molecule has 0 bridgehead atoms. The van der Waals surface area contributed by atoms with Crippen LogP contribution in [0.15, 0.2) is 0 Å². The van der Waals surface area contributed by atoms with E-state index in [1.54, 1.807) is 0 Å². The van der Waals surface area contributed by atoms with Gasteiger partial charge < -0.3 is 5.73 Å². The second kappa shape index (κ2) is 7.83. The first kappa shape index (κ1) is 13.7. The molecule has 2 heteroatoms. The average Bonchev–Trinajstić information content (AvgIpc) is 2.79. The lowest BCUT2D eigenvalue weighted by Crippen LogP contribution is -2.14. The van der Waals surface area contributed by atoms with E-state index in [4.69, 9.17) is 5.73 Å². The maximum atomic E-state index is 11.9. The van der Waals surface area contributed by atoms with Crippen LogP contribution in [0.2, 0.25) is 0 Å². The van der Waals surface area contributed by atoms with Crippen molar-refractivity contribution in [2.75, 3.05) is 6.54 Å². The number of hydrogen-bond donors (Lipinski definition) is 1. The molecular formula is C14H27NO. The third-order valence-electron chi connectivity index (χ3n) is 3.88. The quantitative estimate of drug-likeness (QED) is 0.689. The van der Waals surface area contributed by atoms with Crippen molar-refractivity contribution in [1.82, 2.24) is 0 Å². The summed E-state index contributed by atoms with van der Waals surface area (Å²) >= 11 is 0. The smallest absolute Gasteiger partial charge is 0.135 e. The van der Waals surface area contributed by atoms with E-state index in [9.17, 15) is 4.79 Å². The van der Waals surface area contributed by atoms with Crippen LogP contribution in [0.25, 0.3) is 0 Å². The molecule has 16 heavy (non-hydrogen) atoms. The fraction of sp³-hybridized carbons (Fsp3) is 0.929. The van der Waals surface area contributed by atoms with Crippen molar-refractivity contribution in [3.63, 3.8) is 0 Å². The SMILES string of the molecule is CCCC(CCN)CCC(=O)C1CCCC1. The topological polar surface area (TPSA) is 43.1 Å². The molecule has 0 amide bonds.